The van der Waals surface area contributed by atoms with E-state index < -0.39 is 0 Å². The van der Waals surface area contributed by atoms with E-state index in [9.17, 15) is 9.59 Å². The van der Waals surface area contributed by atoms with Crippen LogP contribution in [0.2, 0.25) is 0 Å². The molecule has 24 heavy (non-hydrogen) atoms. The fourth-order valence-electron chi connectivity index (χ4n) is 3.07. The number of rotatable bonds is 4. The molecule has 1 atom stereocenters. The molecule has 7 heteroatoms. The Morgan fingerprint density at radius 3 is 2.75 bits per heavy atom. The molecule has 2 fully saturated rings. The van der Waals surface area contributed by atoms with Crippen molar-refractivity contribution in [2.75, 3.05) is 31.7 Å². The lowest BCUT2D eigenvalue weighted by Crippen LogP contribution is -2.40. The second kappa shape index (κ2) is 7.88. The Labute approximate surface area is 145 Å². The highest BCUT2D eigenvalue weighted by molar-refractivity contribution is 7.99. The first kappa shape index (κ1) is 17.1. The maximum Gasteiger partial charge on any atom is 0.308 e. The van der Waals surface area contributed by atoms with Crippen LogP contribution < -0.4 is 4.74 Å². The van der Waals surface area contributed by atoms with Crippen LogP contribution in [0, 0.1) is 5.92 Å². The van der Waals surface area contributed by atoms with Crippen LogP contribution in [0.1, 0.15) is 29.6 Å². The van der Waals surface area contributed by atoms with E-state index in [2.05, 4.69) is 4.98 Å². The average Bonchev–Trinajstić information content (AvgIpc) is 3.14. The summed E-state index contributed by atoms with van der Waals surface area (Å²) in [7, 11) is 1.40. The molecule has 0 aromatic carbocycles. The molecule has 0 saturated carbocycles. The van der Waals surface area contributed by atoms with E-state index in [1.165, 1.54) is 7.11 Å². The molecule has 1 aromatic heterocycles. The molecule has 0 bridgehead atoms. The number of ether oxygens (including phenoxy) is 2. The molecule has 2 aliphatic heterocycles. The van der Waals surface area contributed by atoms with Gasteiger partial charge >= 0.3 is 5.97 Å². The second-order valence-electron chi connectivity index (χ2n) is 6.05. The number of nitrogens with zero attached hydrogens (tertiary/aromatic N) is 2. The minimum atomic E-state index is -0.189. The van der Waals surface area contributed by atoms with E-state index in [1.807, 2.05) is 11.8 Å². The molecule has 1 unspecified atom stereocenters. The number of amides is 1. The topological polar surface area (TPSA) is 68.7 Å². The Morgan fingerprint density at radius 2 is 2.08 bits per heavy atom. The number of pyridine rings is 1. The quantitative estimate of drug-likeness (QED) is 0.774. The lowest BCUT2D eigenvalue weighted by Gasteiger charge is -2.31. The van der Waals surface area contributed by atoms with Gasteiger partial charge in [0.1, 0.15) is 11.7 Å². The van der Waals surface area contributed by atoms with Gasteiger partial charge in [0.15, 0.2) is 0 Å². The van der Waals surface area contributed by atoms with Crippen molar-refractivity contribution in [3.63, 3.8) is 0 Å². The summed E-state index contributed by atoms with van der Waals surface area (Å²) in [6, 6.07) is 3.52. The molecule has 0 N–H and O–H groups in total. The van der Waals surface area contributed by atoms with E-state index in [-0.39, 0.29) is 23.9 Å². The molecule has 130 valence electrons. The molecule has 0 aliphatic carbocycles. The summed E-state index contributed by atoms with van der Waals surface area (Å²) in [5, 5.41) is 0. The van der Waals surface area contributed by atoms with Gasteiger partial charge in [0.2, 0.25) is 5.88 Å². The number of piperidine rings is 1. The minimum Gasteiger partial charge on any atom is -0.473 e. The third-order valence-corrected chi connectivity index (χ3v) is 5.62. The number of methoxy groups -OCH3 is 1. The van der Waals surface area contributed by atoms with Crippen LogP contribution in [0.5, 0.6) is 5.88 Å². The van der Waals surface area contributed by atoms with Crippen molar-refractivity contribution in [3.05, 3.63) is 23.9 Å². The number of hydrogen-bond acceptors (Lipinski definition) is 6. The van der Waals surface area contributed by atoms with E-state index in [4.69, 9.17) is 9.47 Å². The van der Waals surface area contributed by atoms with Gasteiger partial charge in [-0.3, -0.25) is 9.59 Å². The van der Waals surface area contributed by atoms with Gasteiger partial charge in [-0.1, -0.05) is 0 Å². The SMILES string of the molecule is COC(=O)C1CCN(C(=O)c2cccnc2OC2CCSC2)CC1. The van der Waals surface area contributed by atoms with Crippen LogP contribution in [0.25, 0.3) is 0 Å². The second-order valence-corrected chi connectivity index (χ2v) is 7.20. The fraction of sp³-hybridized carbons (Fsp3) is 0.588. The van der Waals surface area contributed by atoms with Crippen molar-refractivity contribution >= 4 is 23.6 Å². The van der Waals surface area contributed by atoms with Gasteiger partial charge in [0, 0.05) is 25.0 Å². The highest BCUT2D eigenvalue weighted by Gasteiger charge is 2.30. The van der Waals surface area contributed by atoms with Gasteiger partial charge in [-0.15, -0.1) is 0 Å². The number of hydrogen-bond donors (Lipinski definition) is 0. The van der Waals surface area contributed by atoms with Crippen LogP contribution in [-0.4, -0.2) is 59.6 Å². The number of carbonyl (C=O) groups is 2. The van der Waals surface area contributed by atoms with Crippen molar-refractivity contribution in [3.8, 4) is 5.88 Å². The zero-order valence-corrected chi connectivity index (χ0v) is 14.6. The molecule has 2 aliphatic rings. The summed E-state index contributed by atoms with van der Waals surface area (Å²) >= 11 is 1.86. The summed E-state index contributed by atoms with van der Waals surface area (Å²) in [6.07, 6.45) is 4.03. The van der Waals surface area contributed by atoms with E-state index >= 15 is 0 Å². The summed E-state index contributed by atoms with van der Waals surface area (Å²) in [6.45, 7) is 1.10. The van der Waals surface area contributed by atoms with Crippen LogP contribution in [0.15, 0.2) is 18.3 Å². The van der Waals surface area contributed by atoms with Crippen molar-refractivity contribution in [1.29, 1.82) is 0 Å². The van der Waals surface area contributed by atoms with Crippen LogP contribution in [-0.2, 0) is 9.53 Å². The van der Waals surface area contributed by atoms with E-state index in [1.54, 1.807) is 23.2 Å². The Morgan fingerprint density at radius 1 is 1.29 bits per heavy atom. The summed E-state index contributed by atoms with van der Waals surface area (Å²) < 4.78 is 10.7. The number of carbonyl (C=O) groups excluding carboxylic acids is 2. The zero-order chi connectivity index (χ0) is 16.9. The first-order valence-electron chi connectivity index (χ1n) is 8.25. The maximum atomic E-state index is 12.8. The van der Waals surface area contributed by atoms with Gasteiger partial charge in [-0.25, -0.2) is 4.98 Å². The lowest BCUT2D eigenvalue weighted by atomic mass is 9.96. The predicted octanol–water partition coefficient (Wildman–Crippen LogP) is 1.99. The Kier molecular flexibility index (Phi) is 5.60. The molecule has 0 spiro atoms. The highest BCUT2D eigenvalue weighted by Crippen LogP contribution is 2.26. The van der Waals surface area contributed by atoms with Crippen molar-refractivity contribution < 1.29 is 19.1 Å². The van der Waals surface area contributed by atoms with Gasteiger partial charge in [0.05, 0.1) is 13.0 Å². The van der Waals surface area contributed by atoms with Crippen LogP contribution in [0.4, 0.5) is 0 Å². The van der Waals surface area contributed by atoms with Crippen molar-refractivity contribution in [2.24, 2.45) is 5.92 Å². The largest absolute Gasteiger partial charge is 0.473 e. The molecule has 1 amide bonds. The normalized spacial score (nSPS) is 21.5. The zero-order valence-electron chi connectivity index (χ0n) is 13.8. The number of thioether (sulfide) groups is 1. The smallest absolute Gasteiger partial charge is 0.308 e. The van der Waals surface area contributed by atoms with Gasteiger partial charge in [-0.2, -0.15) is 11.8 Å². The molecular formula is C17H22N2O4S. The first-order valence-corrected chi connectivity index (χ1v) is 9.41. The van der Waals surface area contributed by atoms with Gasteiger partial charge < -0.3 is 14.4 Å². The standard InChI is InChI=1S/C17H22N2O4S/c1-22-17(21)12-4-8-19(9-5-12)16(20)14-3-2-7-18-15(14)23-13-6-10-24-11-13/h2-3,7,12-13H,4-6,8-11H2,1H3. The monoisotopic (exact) mass is 350 g/mol. The minimum absolute atomic E-state index is 0.0768. The van der Waals surface area contributed by atoms with Crippen molar-refractivity contribution in [2.45, 2.75) is 25.4 Å². The lowest BCUT2D eigenvalue weighted by molar-refractivity contribution is -0.146. The molecular weight excluding hydrogens is 328 g/mol. The Bertz CT molecular complexity index is 596. The van der Waals surface area contributed by atoms with E-state index in [0.717, 1.165) is 17.9 Å². The Balaban J connectivity index is 1.66. The predicted molar refractivity (Wildman–Crippen MR) is 91.2 cm³/mol. The van der Waals surface area contributed by atoms with Gasteiger partial charge in [-0.05, 0) is 37.1 Å². The summed E-state index contributed by atoms with van der Waals surface area (Å²) in [4.78, 5) is 30.5. The highest BCUT2D eigenvalue weighted by atomic mass is 32.2. The molecule has 6 nitrogen and oxygen atoms in total. The van der Waals surface area contributed by atoms with Crippen molar-refractivity contribution in [1.82, 2.24) is 9.88 Å². The number of aromatic nitrogens is 1. The maximum absolute atomic E-state index is 12.8. The molecule has 1 aromatic rings. The molecule has 0 radical (unpaired) electrons. The Hall–Kier alpha value is -1.76. The summed E-state index contributed by atoms with van der Waals surface area (Å²) in [5.74, 6) is 2.07. The third-order valence-electron chi connectivity index (χ3n) is 4.48. The average molecular weight is 350 g/mol. The third kappa shape index (κ3) is 3.83. The van der Waals surface area contributed by atoms with Gasteiger partial charge in [0.25, 0.3) is 5.91 Å². The number of likely N-dealkylation sites (tertiary alicyclic amines) is 1. The fourth-order valence-corrected chi connectivity index (χ4v) is 4.16. The van der Waals surface area contributed by atoms with E-state index in [0.29, 0.717) is 37.4 Å². The molecule has 3 heterocycles. The number of esters is 1. The van der Waals surface area contributed by atoms with Crippen LogP contribution >= 0.6 is 11.8 Å². The first-order chi connectivity index (χ1) is 11.7. The molecule has 2 saturated heterocycles. The summed E-state index contributed by atoms with van der Waals surface area (Å²) in [5.41, 5.74) is 0.505. The molecule has 3 rings (SSSR count). The van der Waals surface area contributed by atoms with Crippen LogP contribution in [0.3, 0.4) is 0 Å².